The maximum atomic E-state index is 12.2. The van der Waals surface area contributed by atoms with E-state index < -0.39 is 0 Å². The number of hydrogen-bond donors (Lipinski definition) is 3. The molecule has 2 aromatic carbocycles. The summed E-state index contributed by atoms with van der Waals surface area (Å²) >= 11 is 0. The Labute approximate surface area is 142 Å². The van der Waals surface area contributed by atoms with Gasteiger partial charge in [0.05, 0.1) is 11.4 Å². The lowest BCUT2D eigenvalue weighted by Crippen LogP contribution is -2.17. The summed E-state index contributed by atoms with van der Waals surface area (Å²) in [6.45, 7) is 0.477. The Balaban J connectivity index is 1.91. The van der Waals surface area contributed by atoms with Crippen molar-refractivity contribution < 1.29 is 9.59 Å². The van der Waals surface area contributed by atoms with Crippen LogP contribution in [0.25, 0.3) is 0 Å². The highest BCUT2D eigenvalue weighted by Gasteiger charge is 2.09. The summed E-state index contributed by atoms with van der Waals surface area (Å²) in [5.41, 5.74) is 7.74. The first-order chi connectivity index (χ1) is 11.7. The normalized spacial score (nSPS) is 10.2. The van der Waals surface area contributed by atoms with Crippen LogP contribution in [0.4, 0.5) is 11.4 Å². The molecule has 0 aliphatic rings. The number of carbonyl (C=O) groups is 2. The van der Waals surface area contributed by atoms with Gasteiger partial charge in [-0.05, 0) is 37.1 Å². The van der Waals surface area contributed by atoms with Crippen LogP contribution in [-0.2, 0) is 16.0 Å². The van der Waals surface area contributed by atoms with E-state index in [1.54, 1.807) is 12.1 Å². The van der Waals surface area contributed by atoms with Crippen molar-refractivity contribution in [2.75, 3.05) is 17.2 Å². The molecule has 0 bridgehead atoms. The third-order valence-electron chi connectivity index (χ3n) is 3.57. The van der Waals surface area contributed by atoms with Crippen LogP contribution in [-0.4, -0.2) is 18.4 Å². The molecule has 0 spiro atoms. The lowest BCUT2D eigenvalue weighted by Gasteiger charge is -2.12. The zero-order valence-corrected chi connectivity index (χ0v) is 13.6. The molecule has 0 atom stereocenters. The van der Waals surface area contributed by atoms with Crippen molar-refractivity contribution in [3.8, 4) is 0 Å². The molecule has 0 radical (unpaired) electrons. The van der Waals surface area contributed by atoms with Gasteiger partial charge in [0.15, 0.2) is 0 Å². The Morgan fingerprint density at radius 3 is 1.92 bits per heavy atom. The number of amides is 2. The van der Waals surface area contributed by atoms with E-state index in [0.717, 1.165) is 5.56 Å². The monoisotopic (exact) mass is 325 g/mol. The lowest BCUT2D eigenvalue weighted by atomic mass is 10.1. The largest absolute Gasteiger partial charge is 0.330 e. The van der Waals surface area contributed by atoms with E-state index in [9.17, 15) is 9.59 Å². The molecule has 2 rings (SSSR count). The second-order valence-electron chi connectivity index (χ2n) is 5.52. The Bertz CT molecular complexity index is 671. The van der Waals surface area contributed by atoms with Gasteiger partial charge in [-0.1, -0.05) is 42.5 Å². The van der Waals surface area contributed by atoms with Crippen molar-refractivity contribution in [1.29, 1.82) is 0 Å². The Morgan fingerprint density at radius 2 is 1.33 bits per heavy atom. The third kappa shape index (κ3) is 5.85. The SMILES string of the molecule is NCCCC(=O)Nc1ccccc1NC(=O)CCc1ccccc1. The first kappa shape index (κ1) is 17.7. The Morgan fingerprint density at radius 1 is 0.792 bits per heavy atom. The van der Waals surface area contributed by atoms with Crippen molar-refractivity contribution in [3.05, 3.63) is 60.2 Å². The highest BCUT2D eigenvalue weighted by Crippen LogP contribution is 2.21. The molecule has 2 amide bonds. The van der Waals surface area contributed by atoms with E-state index in [0.29, 0.717) is 43.6 Å². The summed E-state index contributed by atoms with van der Waals surface area (Å²) in [7, 11) is 0. The number of para-hydroxylation sites is 2. The first-order valence-electron chi connectivity index (χ1n) is 8.12. The average molecular weight is 325 g/mol. The summed E-state index contributed by atoms with van der Waals surface area (Å²) in [6.07, 6.45) is 2.07. The van der Waals surface area contributed by atoms with Crippen LogP contribution in [0.5, 0.6) is 0 Å². The number of carbonyl (C=O) groups excluding carboxylic acids is 2. The minimum atomic E-state index is -0.105. The molecule has 5 nitrogen and oxygen atoms in total. The molecule has 0 fully saturated rings. The van der Waals surface area contributed by atoms with Gasteiger partial charge in [0.1, 0.15) is 0 Å². The van der Waals surface area contributed by atoms with E-state index in [1.165, 1.54) is 0 Å². The second kappa shape index (κ2) is 9.47. The van der Waals surface area contributed by atoms with E-state index in [1.807, 2.05) is 42.5 Å². The van der Waals surface area contributed by atoms with E-state index in [4.69, 9.17) is 5.73 Å². The molecule has 4 N–H and O–H groups in total. The number of hydrogen-bond acceptors (Lipinski definition) is 3. The van der Waals surface area contributed by atoms with Crippen LogP contribution < -0.4 is 16.4 Å². The highest BCUT2D eigenvalue weighted by molar-refractivity contribution is 5.99. The summed E-state index contributed by atoms with van der Waals surface area (Å²) in [6, 6.07) is 17.1. The second-order valence-corrected chi connectivity index (χ2v) is 5.52. The fourth-order valence-corrected chi connectivity index (χ4v) is 2.29. The van der Waals surface area contributed by atoms with Gasteiger partial charge in [0.25, 0.3) is 0 Å². The molecular weight excluding hydrogens is 302 g/mol. The van der Waals surface area contributed by atoms with Gasteiger partial charge in [-0.2, -0.15) is 0 Å². The molecule has 2 aromatic rings. The van der Waals surface area contributed by atoms with Gasteiger partial charge in [-0.15, -0.1) is 0 Å². The summed E-state index contributed by atoms with van der Waals surface area (Å²) in [4.78, 5) is 24.0. The summed E-state index contributed by atoms with van der Waals surface area (Å²) < 4.78 is 0. The van der Waals surface area contributed by atoms with Gasteiger partial charge < -0.3 is 16.4 Å². The molecule has 0 saturated heterocycles. The minimum absolute atomic E-state index is 0.0810. The smallest absolute Gasteiger partial charge is 0.224 e. The van der Waals surface area contributed by atoms with Crippen molar-refractivity contribution >= 4 is 23.2 Å². The minimum Gasteiger partial charge on any atom is -0.330 e. The van der Waals surface area contributed by atoms with Gasteiger partial charge in [-0.25, -0.2) is 0 Å². The fraction of sp³-hybridized carbons (Fsp3) is 0.263. The van der Waals surface area contributed by atoms with Crippen LogP contribution in [0, 0.1) is 0 Å². The zero-order valence-electron chi connectivity index (χ0n) is 13.6. The van der Waals surface area contributed by atoms with Crippen molar-refractivity contribution in [1.82, 2.24) is 0 Å². The molecule has 126 valence electrons. The van der Waals surface area contributed by atoms with Crippen molar-refractivity contribution in [2.24, 2.45) is 5.73 Å². The van der Waals surface area contributed by atoms with Crippen LogP contribution in [0.2, 0.25) is 0 Å². The molecular formula is C19H23N3O2. The predicted octanol–water partition coefficient (Wildman–Crippen LogP) is 2.94. The van der Waals surface area contributed by atoms with Gasteiger partial charge >= 0.3 is 0 Å². The van der Waals surface area contributed by atoms with Crippen LogP contribution >= 0.6 is 0 Å². The number of nitrogens with two attached hydrogens (primary N) is 1. The lowest BCUT2D eigenvalue weighted by molar-refractivity contribution is -0.117. The van der Waals surface area contributed by atoms with Gasteiger partial charge in [-0.3, -0.25) is 9.59 Å². The molecule has 0 aromatic heterocycles. The number of nitrogens with one attached hydrogen (secondary N) is 2. The van der Waals surface area contributed by atoms with E-state index in [-0.39, 0.29) is 11.8 Å². The topological polar surface area (TPSA) is 84.2 Å². The molecule has 0 heterocycles. The van der Waals surface area contributed by atoms with Gasteiger partial charge in [0.2, 0.25) is 11.8 Å². The van der Waals surface area contributed by atoms with E-state index >= 15 is 0 Å². The molecule has 24 heavy (non-hydrogen) atoms. The quantitative estimate of drug-likeness (QED) is 0.697. The molecule has 0 unspecified atom stereocenters. The summed E-state index contributed by atoms with van der Waals surface area (Å²) in [5.74, 6) is -0.186. The molecule has 0 aliphatic heterocycles. The van der Waals surface area contributed by atoms with Gasteiger partial charge in [0, 0.05) is 12.8 Å². The molecule has 0 saturated carbocycles. The van der Waals surface area contributed by atoms with Crippen molar-refractivity contribution in [2.45, 2.75) is 25.7 Å². The zero-order chi connectivity index (χ0) is 17.2. The molecule has 0 aliphatic carbocycles. The first-order valence-corrected chi connectivity index (χ1v) is 8.12. The maximum absolute atomic E-state index is 12.2. The average Bonchev–Trinajstić information content (AvgIpc) is 2.61. The molecule has 5 heteroatoms. The summed E-state index contributed by atoms with van der Waals surface area (Å²) in [5, 5.41) is 5.68. The van der Waals surface area contributed by atoms with E-state index in [2.05, 4.69) is 10.6 Å². The number of benzene rings is 2. The predicted molar refractivity (Wildman–Crippen MR) is 96.8 cm³/mol. The van der Waals surface area contributed by atoms with Crippen molar-refractivity contribution in [3.63, 3.8) is 0 Å². The van der Waals surface area contributed by atoms with Crippen LogP contribution in [0.1, 0.15) is 24.8 Å². The standard InChI is InChI=1S/C19H23N3O2/c20-14-6-11-18(23)21-16-9-4-5-10-17(16)22-19(24)13-12-15-7-2-1-3-8-15/h1-5,7-10H,6,11-14,20H2,(H,21,23)(H,22,24). The van der Waals surface area contributed by atoms with Crippen LogP contribution in [0.15, 0.2) is 54.6 Å². The number of aryl methyl sites for hydroxylation is 1. The third-order valence-corrected chi connectivity index (χ3v) is 3.57. The van der Waals surface area contributed by atoms with Crippen LogP contribution in [0.3, 0.4) is 0 Å². The Hall–Kier alpha value is -2.66. The maximum Gasteiger partial charge on any atom is 0.224 e. The highest BCUT2D eigenvalue weighted by atomic mass is 16.2. The fourth-order valence-electron chi connectivity index (χ4n) is 2.29. The number of anilines is 2. The Kier molecular flexibility index (Phi) is 6.98. The number of rotatable bonds is 8.